The smallest absolute Gasteiger partial charge is 0.0897 e. The first-order chi connectivity index (χ1) is 8.74. The average molecular weight is 259 g/mol. The van der Waals surface area contributed by atoms with Gasteiger partial charge in [-0.15, -0.1) is 0 Å². The summed E-state index contributed by atoms with van der Waals surface area (Å²) >= 11 is 0. The fraction of sp³-hybridized carbons (Fsp3) is 1.00. The number of hydrogen-bond donors (Lipinski definition) is 2. The lowest BCUT2D eigenvalue weighted by Crippen LogP contribution is -2.40. The Bertz CT molecular complexity index is 195. The van der Waals surface area contributed by atoms with Crippen LogP contribution >= 0.6 is 0 Å². The van der Waals surface area contributed by atoms with Crippen molar-refractivity contribution in [3.63, 3.8) is 0 Å². The normalized spacial score (nSPS) is 20.8. The molecule has 0 radical (unpaired) electrons. The molecule has 0 aromatic heterocycles. The Morgan fingerprint density at radius 2 is 1.94 bits per heavy atom. The maximum atomic E-state index is 9.77. The minimum atomic E-state index is -0.423. The van der Waals surface area contributed by atoms with Crippen LogP contribution in [0.25, 0.3) is 0 Å². The highest BCUT2D eigenvalue weighted by molar-refractivity contribution is 4.76. The lowest BCUT2D eigenvalue weighted by Gasteiger charge is -2.29. The topological polar surface area (TPSA) is 50.7 Å². The van der Waals surface area contributed by atoms with Crippen LogP contribution in [0, 0.1) is 5.92 Å². The third-order valence-electron chi connectivity index (χ3n) is 3.77. The van der Waals surface area contributed by atoms with Crippen molar-refractivity contribution in [2.24, 2.45) is 5.92 Å². The van der Waals surface area contributed by atoms with Crippen LogP contribution in [0.15, 0.2) is 0 Å². The summed E-state index contributed by atoms with van der Waals surface area (Å²) in [5.74, 6) is 0.778. The monoisotopic (exact) mass is 259 g/mol. The van der Waals surface area contributed by atoms with E-state index in [4.69, 9.17) is 9.47 Å². The van der Waals surface area contributed by atoms with Gasteiger partial charge in [-0.2, -0.15) is 0 Å². The molecule has 0 aliphatic heterocycles. The molecule has 1 aliphatic carbocycles. The molecule has 2 N–H and O–H groups in total. The molecule has 1 unspecified atom stereocenters. The number of ether oxygens (including phenoxy) is 2. The van der Waals surface area contributed by atoms with E-state index < -0.39 is 6.10 Å². The van der Waals surface area contributed by atoms with Crippen LogP contribution < -0.4 is 5.32 Å². The highest BCUT2D eigenvalue weighted by Crippen LogP contribution is 2.26. The van der Waals surface area contributed by atoms with Crippen molar-refractivity contribution in [3.8, 4) is 0 Å². The zero-order chi connectivity index (χ0) is 13.2. The highest BCUT2D eigenvalue weighted by Gasteiger charge is 2.20. The number of aliphatic hydroxyl groups is 1. The van der Waals surface area contributed by atoms with Gasteiger partial charge in [0.25, 0.3) is 0 Å². The predicted octanol–water partition coefficient (Wildman–Crippen LogP) is 1.57. The first-order valence-electron chi connectivity index (χ1n) is 7.22. The Kier molecular flexibility index (Phi) is 8.59. The molecule has 0 saturated heterocycles. The standard InChI is InChI=1S/C14H29NO3/c1-12(13-6-4-3-5-7-13)15-10-14(16)11-18-9-8-17-2/h12-16H,3-11H2,1-2H3/t12-,14?/m0/s1. The van der Waals surface area contributed by atoms with E-state index in [0.717, 1.165) is 5.92 Å². The summed E-state index contributed by atoms with van der Waals surface area (Å²) in [4.78, 5) is 0. The molecule has 1 fully saturated rings. The molecular formula is C14H29NO3. The fourth-order valence-electron chi connectivity index (χ4n) is 2.54. The Morgan fingerprint density at radius 1 is 1.22 bits per heavy atom. The van der Waals surface area contributed by atoms with Gasteiger partial charge in [-0.1, -0.05) is 19.3 Å². The third kappa shape index (κ3) is 6.69. The van der Waals surface area contributed by atoms with Gasteiger partial charge in [-0.25, -0.2) is 0 Å². The van der Waals surface area contributed by atoms with Crippen molar-refractivity contribution >= 4 is 0 Å². The summed E-state index contributed by atoms with van der Waals surface area (Å²) in [5, 5.41) is 13.2. The predicted molar refractivity (Wildman–Crippen MR) is 72.7 cm³/mol. The first kappa shape index (κ1) is 15.9. The molecule has 0 spiro atoms. The van der Waals surface area contributed by atoms with E-state index in [2.05, 4.69) is 12.2 Å². The summed E-state index contributed by atoms with van der Waals surface area (Å²) in [7, 11) is 1.65. The summed E-state index contributed by atoms with van der Waals surface area (Å²) < 4.78 is 10.2. The Balaban J connectivity index is 2.03. The average Bonchev–Trinajstić information content (AvgIpc) is 2.42. The van der Waals surface area contributed by atoms with Crippen molar-refractivity contribution in [1.82, 2.24) is 5.32 Å². The number of hydrogen-bond acceptors (Lipinski definition) is 4. The molecule has 4 nitrogen and oxygen atoms in total. The van der Waals surface area contributed by atoms with Gasteiger partial charge in [0.1, 0.15) is 0 Å². The summed E-state index contributed by atoms with van der Waals surface area (Å²) in [5.41, 5.74) is 0. The van der Waals surface area contributed by atoms with Crippen molar-refractivity contribution in [2.75, 3.05) is 33.5 Å². The first-order valence-corrected chi connectivity index (χ1v) is 7.22. The SMILES string of the molecule is COCCOCC(O)CN[C@@H](C)C1CCCCC1. The van der Waals surface area contributed by atoms with Gasteiger partial charge in [-0.3, -0.25) is 0 Å². The lowest BCUT2D eigenvalue weighted by molar-refractivity contribution is 0.0122. The van der Waals surface area contributed by atoms with Crippen molar-refractivity contribution in [3.05, 3.63) is 0 Å². The van der Waals surface area contributed by atoms with E-state index in [0.29, 0.717) is 32.4 Å². The minimum absolute atomic E-state index is 0.383. The maximum absolute atomic E-state index is 9.77. The van der Waals surface area contributed by atoms with Gasteiger partial charge in [-0.05, 0) is 25.7 Å². The molecule has 1 aliphatic rings. The van der Waals surface area contributed by atoms with Crippen molar-refractivity contribution < 1.29 is 14.6 Å². The van der Waals surface area contributed by atoms with Crippen molar-refractivity contribution in [2.45, 2.75) is 51.2 Å². The molecule has 0 aromatic rings. The summed E-state index contributed by atoms with van der Waals surface area (Å²) in [6.45, 7) is 4.36. The maximum Gasteiger partial charge on any atom is 0.0897 e. The molecule has 108 valence electrons. The zero-order valence-electron chi connectivity index (χ0n) is 11.9. The van der Waals surface area contributed by atoms with Gasteiger partial charge in [0.15, 0.2) is 0 Å². The van der Waals surface area contributed by atoms with Gasteiger partial charge in [0.2, 0.25) is 0 Å². The van der Waals surface area contributed by atoms with Gasteiger partial charge < -0.3 is 19.9 Å². The molecule has 1 saturated carbocycles. The van der Waals surface area contributed by atoms with Crippen molar-refractivity contribution in [1.29, 1.82) is 0 Å². The molecule has 18 heavy (non-hydrogen) atoms. The van der Waals surface area contributed by atoms with E-state index >= 15 is 0 Å². The van der Waals surface area contributed by atoms with Gasteiger partial charge >= 0.3 is 0 Å². The lowest BCUT2D eigenvalue weighted by atomic mass is 9.84. The van der Waals surface area contributed by atoms with Crippen LogP contribution in [0.4, 0.5) is 0 Å². The quantitative estimate of drug-likeness (QED) is 0.617. The molecule has 4 heteroatoms. The molecule has 1 rings (SSSR count). The molecule has 0 heterocycles. The molecule has 2 atom stereocenters. The third-order valence-corrected chi connectivity index (χ3v) is 3.77. The molecular weight excluding hydrogens is 230 g/mol. The fourth-order valence-corrected chi connectivity index (χ4v) is 2.54. The summed E-state index contributed by atoms with van der Waals surface area (Å²) in [6.07, 6.45) is 6.34. The number of rotatable bonds is 9. The van der Waals surface area contributed by atoms with E-state index in [1.807, 2.05) is 0 Å². The largest absolute Gasteiger partial charge is 0.389 e. The zero-order valence-corrected chi connectivity index (χ0v) is 11.9. The number of nitrogens with one attached hydrogen (secondary N) is 1. The van der Waals surface area contributed by atoms with Crippen LogP contribution in [0.1, 0.15) is 39.0 Å². The van der Waals surface area contributed by atoms with Crippen LogP contribution in [0.3, 0.4) is 0 Å². The molecule has 0 aromatic carbocycles. The van der Waals surface area contributed by atoms with E-state index in [1.165, 1.54) is 32.1 Å². The Labute approximate surface area is 111 Å². The number of methoxy groups -OCH3 is 1. The minimum Gasteiger partial charge on any atom is -0.389 e. The van der Waals surface area contributed by atoms with Gasteiger partial charge in [0, 0.05) is 19.7 Å². The van der Waals surface area contributed by atoms with Crippen LogP contribution in [-0.2, 0) is 9.47 Å². The van der Waals surface area contributed by atoms with Crippen LogP contribution in [0.5, 0.6) is 0 Å². The Morgan fingerprint density at radius 3 is 2.61 bits per heavy atom. The second-order valence-electron chi connectivity index (χ2n) is 5.32. The second-order valence-corrected chi connectivity index (χ2v) is 5.32. The highest BCUT2D eigenvalue weighted by atomic mass is 16.5. The van der Waals surface area contributed by atoms with E-state index in [9.17, 15) is 5.11 Å². The Hall–Kier alpha value is -0.160. The van der Waals surface area contributed by atoms with E-state index in [1.54, 1.807) is 7.11 Å². The second kappa shape index (κ2) is 9.73. The van der Waals surface area contributed by atoms with Gasteiger partial charge in [0.05, 0.1) is 25.9 Å². The van der Waals surface area contributed by atoms with Crippen LogP contribution in [-0.4, -0.2) is 50.7 Å². The molecule has 0 bridgehead atoms. The van der Waals surface area contributed by atoms with E-state index in [-0.39, 0.29) is 0 Å². The summed E-state index contributed by atoms with van der Waals surface area (Å²) in [6, 6.07) is 0.499. The molecule has 0 amide bonds. The van der Waals surface area contributed by atoms with Crippen LogP contribution in [0.2, 0.25) is 0 Å². The number of aliphatic hydroxyl groups excluding tert-OH is 1.